The van der Waals surface area contributed by atoms with Crippen molar-refractivity contribution < 1.29 is 19.5 Å². The van der Waals surface area contributed by atoms with Crippen molar-refractivity contribution in [3.05, 3.63) is 29.3 Å². The Morgan fingerprint density at radius 1 is 1.34 bits per heavy atom. The summed E-state index contributed by atoms with van der Waals surface area (Å²) in [5.41, 5.74) is 6.31. The number of Topliss-reactive ketones (excluding diaryl/α,β-unsaturated/α-hetero) is 1. The monoisotopic (exact) mass is 418 g/mol. The van der Waals surface area contributed by atoms with Gasteiger partial charge < -0.3 is 21.1 Å². The van der Waals surface area contributed by atoms with Crippen LogP contribution in [0, 0.1) is 0 Å². The molecule has 2 heterocycles. The van der Waals surface area contributed by atoms with Crippen LogP contribution in [0.5, 0.6) is 0 Å². The third-order valence-electron chi connectivity index (χ3n) is 5.07. The minimum atomic E-state index is -0.775. The van der Waals surface area contributed by atoms with E-state index >= 15 is 0 Å². The van der Waals surface area contributed by atoms with E-state index in [2.05, 4.69) is 10.3 Å². The summed E-state index contributed by atoms with van der Waals surface area (Å²) in [6.45, 7) is 1.99. The van der Waals surface area contributed by atoms with E-state index in [-0.39, 0.29) is 24.7 Å². The summed E-state index contributed by atoms with van der Waals surface area (Å²) in [4.78, 5) is 43.5. The van der Waals surface area contributed by atoms with Gasteiger partial charge in [-0.05, 0) is 37.9 Å². The average molecular weight is 419 g/mol. The highest BCUT2D eigenvalue weighted by molar-refractivity contribution is 7.20. The number of hydrogen-bond donors (Lipinski definition) is 3. The first-order valence-electron chi connectivity index (χ1n) is 9.76. The van der Waals surface area contributed by atoms with Gasteiger partial charge in [-0.2, -0.15) is 0 Å². The number of amides is 2. The number of rotatable bonds is 8. The number of aliphatic hydroxyl groups excluding tert-OH is 1. The summed E-state index contributed by atoms with van der Waals surface area (Å²) in [7, 11) is 0. The van der Waals surface area contributed by atoms with Gasteiger partial charge in [0.15, 0.2) is 5.01 Å². The number of carbonyl (C=O) groups is 3. The Balaban J connectivity index is 1.78. The fourth-order valence-electron chi connectivity index (χ4n) is 3.57. The zero-order chi connectivity index (χ0) is 21.0. The molecule has 2 amide bonds. The Hall–Kier alpha value is -2.36. The molecule has 0 saturated carbocycles. The smallest absolute Gasteiger partial charge is 0.243 e. The Kier molecular flexibility index (Phi) is 6.94. The normalized spacial score (nSPS) is 20.0. The number of β-amino-alcohol motifs (C(OH)–C–C–N with tert-alkyl or cyclic N) is 1. The number of para-hydroxylation sites is 1. The highest BCUT2D eigenvalue weighted by Gasteiger charge is 2.39. The summed E-state index contributed by atoms with van der Waals surface area (Å²) >= 11 is 1.30. The topological polar surface area (TPSA) is 126 Å². The molecule has 4 N–H and O–H groups in total. The van der Waals surface area contributed by atoms with Gasteiger partial charge in [0.25, 0.3) is 0 Å². The van der Waals surface area contributed by atoms with Crippen molar-refractivity contribution >= 4 is 39.2 Å². The molecule has 0 aliphatic carbocycles. The third-order valence-corrected chi connectivity index (χ3v) is 6.12. The van der Waals surface area contributed by atoms with E-state index in [0.717, 1.165) is 16.6 Å². The van der Waals surface area contributed by atoms with E-state index in [0.29, 0.717) is 24.4 Å². The van der Waals surface area contributed by atoms with Gasteiger partial charge in [-0.3, -0.25) is 14.4 Å². The fourth-order valence-corrected chi connectivity index (χ4v) is 4.53. The molecule has 3 atom stereocenters. The number of aromatic nitrogens is 1. The second kappa shape index (κ2) is 9.43. The lowest BCUT2D eigenvalue weighted by Gasteiger charge is -2.24. The van der Waals surface area contributed by atoms with Crippen LogP contribution >= 0.6 is 11.3 Å². The second-order valence-electron chi connectivity index (χ2n) is 7.27. The first-order chi connectivity index (χ1) is 13.9. The number of likely N-dealkylation sites (tertiary alicyclic amines) is 1. The molecule has 0 bridgehead atoms. The van der Waals surface area contributed by atoms with Gasteiger partial charge in [0, 0.05) is 19.9 Å². The average Bonchev–Trinajstić information content (AvgIpc) is 3.30. The number of hydrogen-bond acceptors (Lipinski definition) is 7. The lowest BCUT2D eigenvalue weighted by atomic mass is 10.0. The maximum absolute atomic E-state index is 13.1. The molecule has 1 aliphatic heterocycles. The molecule has 156 valence electrons. The number of fused-ring (bicyclic) bond motifs is 1. The summed E-state index contributed by atoms with van der Waals surface area (Å²) in [6, 6.07) is 5.96. The van der Waals surface area contributed by atoms with Crippen molar-refractivity contribution in [2.45, 2.75) is 50.8 Å². The lowest BCUT2D eigenvalue weighted by molar-refractivity contribution is -0.137. The highest BCUT2D eigenvalue weighted by atomic mass is 32.1. The van der Waals surface area contributed by atoms with Crippen LogP contribution in [0.4, 0.5) is 0 Å². The molecule has 29 heavy (non-hydrogen) atoms. The maximum atomic E-state index is 13.1. The van der Waals surface area contributed by atoms with Crippen molar-refractivity contribution in [3.63, 3.8) is 0 Å². The number of nitrogens with zero attached hydrogens (tertiary/aromatic N) is 2. The molecule has 9 heteroatoms. The number of unbranched alkanes of at least 4 members (excludes halogenated alkanes) is 1. The van der Waals surface area contributed by atoms with E-state index in [1.165, 1.54) is 23.2 Å². The summed E-state index contributed by atoms with van der Waals surface area (Å²) in [6.07, 6.45) is 1.28. The van der Waals surface area contributed by atoms with Crippen LogP contribution in [-0.2, 0) is 9.59 Å². The molecule has 0 radical (unpaired) electrons. The first kappa shape index (κ1) is 21.4. The summed E-state index contributed by atoms with van der Waals surface area (Å²) < 4.78 is 0.907. The zero-order valence-corrected chi connectivity index (χ0v) is 17.2. The SMILES string of the molecule is CC(=O)N1C[C@H](O)C[C@H]1C(=O)NC(CCCCN)C(=O)c1nc2ccccc2s1. The van der Waals surface area contributed by atoms with Gasteiger partial charge in [0.1, 0.15) is 6.04 Å². The Morgan fingerprint density at radius 3 is 2.79 bits per heavy atom. The van der Waals surface area contributed by atoms with Crippen molar-refractivity contribution in [3.8, 4) is 0 Å². The van der Waals surface area contributed by atoms with E-state index in [4.69, 9.17) is 5.73 Å². The molecule has 1 aromatic carbocycles. The fraction of sp³-hybridized carbons (Fsp3) is 0.500. The largest absolute Gasteiger partial charge is 0.391 e. The summed E-state index contributed by atoms with van der Waals surface area (Å²) in [5.74, 6) is -0.952. The van der Waals surface area contributed by atoms with Gasteiger partial charge >= 0.3 is 0 Å². The molecule has 1 fully saturated rings. The number of aliphatic hydroxyl groups is 1. The molecule has 8 nitrogen and oxygen atoms in total. The van der Waals surface area contributed by atoms with Gasteiger partial charge in [-0.15, -0.1) is 11.3 Å². The van der Waals surface area contributed by atoms with Gasteiger partial charge in [0.2, 0.25) is 17.6 Å². The molecular weight excluding hydrogens is 392 g/mol. The van der Waals surface area contributed by atoms with Crippen LogP contribution in [-0.4, -0.2) is 63.9 Å². The predicted molar refractivity (Wildman–Crippen MR) is 111 cm³/mol. The number of nitrogens with two attached hydrogens (primary N) is 1. The maximum Gasteiger partial charge on any atom is 0.243 e. The van der Waals surface area contributed by atoms with Crippen LogP contribution < -0.4 is 11.1 Å². The van der Waals surface area contributed by atoms with Gasteiger partial charge in [-0.25, -0.2) is 4.98 Å². The number of carbonyl (C=O) groups excluding carboxylic acids is 3. The molecule has 1 unspecified atom stereocenters. The lowest BCUT2D eigenvalue weighted by Crippen LogP contribution is -2.50. The number of thiazole rings is 1. The Labute approximate surface area is 173 Å². The van der Waals surface area contributed by atoms with Crippen LogP contribution in [0.3, 0.4) is 0 Å². The molecule has 3 rings (SSSR count). The zero-order valence-electron chi connectivity index (χ0n) is 16.3. The minimum absolute atomic E-state index is 0.122. The number of ketones is 1. The van der Waals surface area contributed by atoms with Crippen molar-refractivity contribution in [1.82, 2.24) is 15.2 Å². The highest BCUT2D eigenvalue weighted by Crippen LogP contribution is 2.24. The van der Waals surface area contributed by atoms with E-state index in [9.17, 15) is 19.5 Å². The number of nitrogens with one attached hydrogen (secondary N) is 1. The van der Waals surface area contributed by atoms with Crippen molar-refractivity contribution in [1.29, 1.82) is 0 Å². The Morgan fingerprint density at radius 2 is 2.10 bits per heavy atom. The van der Waals surface area contributed by atoms with Gasteiger partial charge in [-0.1, -0.05) is 12.1 Å². The van der Waals surface area contributed by atoms with Crippen LogP contribution in [0.15, 0.2) is 24.3 Å². The van der Waals surface area contributed by atoms with Crippen LogP contribution in [0.2, 0.25) is 0 Å². The van der Waals surface area contributed by atoms with E-state index in [1.807, 2.05) is 24.3 Å². The standard InChI is InChI=1S/C20H26N4O4S/c1-12(25)24-11-13(26)10-16(24)19(28)22-15(7-4-5-9-21)18(27)20-23-14-6-2-3-8-17(14)29-20/h2-3,6,8,13,15-16,26H,4-5,7,9-11,21H2,1H3,(H,22,28)/t13-,15?,16+/m1/s1. The van der Waals surface area contributed by atoms with E-state index in [1.54, 1.807) is 0 Å². The van der Waals surface area contributed by atoms with Crippen molar-refractivity contribution in [2.75, 3.05) is 13.1 Å². The van der Waals surface area contributed by atoms with Crippen molar-refractivity contribution in [2.24, 2.45) is 5.73 Å². The molecule has 2 aromatic rings. The van der Waals surface area contributed by atoms with Crippen LogP contribution in [0.1, 0.15) is 42.4 Å². The van der Waals surface area contributed by atoms with Gasteiger partial charge in [0.05, 0.1) is 22.4 Å². The Bertz CT molecular complexity index is 866. The first-order valence-corrected chi connectivity index (χ1v) is 10.6. The molecule has 1 aliphatic rings. The molecule has 0 spiro atoms. The third kappa shape index (κ3) is 4.98. The quantitative estimate of drug-likeness (QED) is 0.435. The molecule has 1 aromatic heterocycles. The van der Waals surface area contributed by atoms with Crippen LogP contribution in [0.25, 0.3) is 10.2 Å². The number of benzene rings is 1. The molecular formula is C20H26N4O4S. The predicted octanol–water partition coefficient (Wildman–Crippen LogP) is 1.07. The summed E-state index contributed by atoms with van der Waals surface area (Å²) in [5, 5.41) is 13.0. The van der Waals surface area contributed by atoms with E-state index < -0.39 is 24.1 Å². The minimum Gasteiger partial charge on any atom is -0.391 e. The molecule has 1 saturated heterocycles. The second-order valence-corrected chi connectivity index (χ2v) is 8.30.